The van der Waals surface area contributed by atoms with Crippen molar-refractivity contribution in [3.63, 3.8) is 0 Å². The van der Waals surface area contributed by atoms with Crippen molar-refractivity contribution < 1.29 is 35.7 Å². The maximum absolute atomic E-state index is 5.19. The van der Waals surface area contributed by atoms with Gasteiger partial charge < -0.3 is 18.9 Å². The zero-order chi connectivity index (χ0) is 18.5. The Bertz CT molecular complexity index is 842. The summed E-state index contributed by atoms with van der Waals surface area (Å²) in [6.07, 6.45) is 0. The fourth-order valence-electron chi connectivity index (χ4n) is 2.91. The van der Waals surface area contributed by atoms with Gasteiger partial charge in [-0.2, -0.15) is 24.3 Å². The Labute approximate surface area is 169 Å². The van der Waals surface area contributed by atoms with E-state index in [1.807, 2.05) is 36.4 Å². The number of hydrogen-bond acceptors (Lipinski definition) is 4. The van der Waals surface area contributed by atoms with Gasteiger partial charge in [0.25, 0.3) is 0 Å². The Balaban J connectivity index is 0.000000187. The molecule has 0 saturated carbocycles. The van der Waals surface area contributed by atoms with E-state index in [9.17, 15) is 0 Å². The fraction of sp³-hybridized carbons (Fsp3) is 0.182. The van der Waals surface area contributed by atoms with E-state index in [-0.39, 0.29) is 16.8 Å². The number of benzene rings is 2. The molecule has 0 aliphatic carbocycles. The van der Waals surface area contributed by atoms with Gasteiger partial charge in [-0.1, -0.05) is 24.3 Å². The van der Waals surface area contributed by atoms with Crippen LogP contribution in [0.3, 0.4) is 0 Å². The minimum absolute atomic E-state index is 0. The normalized spacial score (nSPS) is 9.93. The fourth-order valence-corrected chi connectivity index (χ4v) is 2.91. The molecule has 4 rings (SSSR count). The molecular formula is C22H22CoO4. The molecule has 0 fully saturated rings. The second-order valence-electron chi connectivity index (χ2n) is 5.72. The molecule has 0 aliphatic rings. The second-order valence-corrected chi connectivity index (χ2v) is 5.72. The summed E-state index contributed by atoms with van der Waals surface area (Å²) in [5, 5.41) is 4.71. The largest absolute Gasteiger partial charge is 2.00 e. The Hall–Kier alpha value is -2.63. The monoisotopic (exact) mass is 409 g/mol. The molecule has 0 amide bonds. The van der Waals surface area contributed by atoms with E-state index in [4.69, 9.17) is 18.9 Å². The molecule has 0 N–H and O–H groups in total. The third-order valence-corrected chi connectivity index (χ3v) is 4.28. The maximum Gasteiger partial charge on any atom is 2.00 e. The molecule has 0 aromatic heterocycles. The van der Waals surface area contributed by atoms with Crippen molar-refractivity contribution >= 4 is 21.5 Å². The second kappa shape index (κ2) is 9.35. The molecule has 0 unspecified atom stereocenters. The number of fused-ring (bicyclic) bond motifs is 2. The summed E-state index contributed by atoms with van der Waals surface area (Å²) in [5.74, 6) is 3.12. The molecule has 0 heterocycles. The molecule has 0 saturated heterocycles. The molecule has 0 spiro atoms. The van der Waals surface area contributed by atoms with Gasteiger partial charge in [0.05, 0.1) is 28.4 Å². The standard InChI is InChI=1S/2C11H11O2.Co/c2*1-12-10-6-8-4-3-5-9(8)7-11(10)13-2;/h2*3-7H,1-2H3;/q2*-1;+2. The first-order chi connectivity index (χ1) is 12.7. The van der Waals surface area contributed by atoms with Gasteiger partial charge in [0.2, 0.25) is 0 Å². The minimum atomic E-state index is 0. The third kappa shape index (κ3) is 4.38. The number of rotatable bonds is 4. The van der Waals surface area contributed by atoms with Gasteiger partial charge in [-0.3, -0.25) is 0 Å². The smallest absolute Gasteiger partial charge is 0.503 e. The van der Waals surface area contributed by atoms with Gasteiger partial charge in [-0.15, -0.1) is 33.7 Å². The zero-order valence-electron chi connectivity index (χ0n) is 15.7. The van der Waals surface area contributed by atoms with Crippen molar-refractivity contribution in [3.8, 4) is 23.0 Å². The molecule has 4 nitrogen and oxygen atoms in total. The van der Waals surface area contributed by atoms with Crippen LogP contribution in [-0.4, -0.2) is 28.4 Å². The molecular weight excluding hydrogens is 387 g/mol. The van der Waals surface area contributed by atoms with Crippen molar-refractivity contribution in [2.45, 2.75) is 0 Å². The summed E-state index contributed by atoms with van der Waals surface area (Å²) >= 11 is 0. The summed E-state index contributed by atoms with van der Waals surface area (Å²) in [4.78, 5) is 0. The maximum atomic E-state index is 5.19. The van der Waals surface area contributed by atoms with Gasteiger partial charge in [-0.05, 0) is 0 Å². The van der Waals surface area contributed by atoms with Crippen LogP contribution in [0.2, 0.25) is 0 Å². The molecule has 0 aliphatic heterocycles. The summed E-state index contributed by atoms with van der Waals surface area (Å²) in [6, 6.07) is 20.2. The summed E-state index contributed by atoms with van der Waals surface area (Å²) in [7, 11) is 6.58. The van der Waals surface area contributed by atoms with Crippen LogP contribution in [0.25, 0.3) is 21.5 Å². The quantitative estimate of drug-likeness (QED) is 0.437. The van der Waals surface area contributed by atoms with Crippen LogP contribution in [0.1, 0.15) is 0 Å². The summed E-state index contributed by atoms with van der Waals surface area (Å²) in [6.45, 7) is 0. The summed E-state index contributed by atoms with van der Waals surface area (Å²) < 4.78 is 20.8. The van der Waals surface area contributed by atoms with E-state index in [0.717, 1.165) is 23.0 Å². The molecule has 0 bridgehead atoms. The van der Waals surface area contributed by atoms with Gasteiger partial charge in [0.1, 0.15) is 23.0 Å². The van der Waals surface area contributed by atoms with Crippen LogP contribution in [-0.2, 0) is 16.8 Å². The number of hydrogen-bond donors (Lipinski definition) is 0. The first kappa shape index (κ1) is 20.7. The van der Waals surface area contributed by atoms with Crippen molar-refractivity contribution in [1.82, 2.24) is 0 Å². The topological polar surface area (TPSA) is 36.9 Å². The predicted molar refractivity (Wildman–Crippen MR) is 105 cm³/mol. The van der Waals surface area contributed by atoms with E-state index in [1.54, 1.807) is 28.4 Å². The molecule has 1 radical (unpaired) electrons. The van der Waals surface area contributed by atoms with Crippen LogP contribution in [0.4, 0.5) is 0 Å². The average molecular weight is 409 g/mol. The van der Waals surface area contributed by atoms with Crippen LogP contribution < -0.4 is 18.9 Å². The van der Waals surface area contributed by atoms with E-state index < -0.39 is 0 Å². The van der Waals surface area contributed by atoms with Crippen molar-refractivity contribution in [3.05, 3.63) is 60.7 Å². The Morgan fingerprint density at radius 3 is 1.22 bits per heavy atom. The molecule has 0 atom stereocenters. The van der Waals surface area contributed by atoms with Crippen molar-refractivity contribution in [1.29, 1.82) is 0 Å². The van der Waals surface area contributed by atoms with E-state index in [1.165, 1.54) is 21.5 Å². The summed E-state index contributed by atoms with van der Waals surface area (Å²) in [5.41, 5.74) is 0. The first-order valence-corrected chi connectivity index (χ1v) is 8.25. The van der Waals surface area contributed by atoms with Crippen LogP contribution in [0.15, 0.2) is 60.7 Å². The van der Waals surface area contributed by atoms with Gasteiger partial charge >= 0.3 is 16.8 Å². The Morgan fingerprint density at radius 1 is 0.556 bits per heavy atom. The van der Waals surface area contributed by atoms with Crippen LogP contribution in [0.5, 0.6) is 23.0 Å². The van der Waals surface area contributed by atoms with Crippen molar-refractivity contribution in [2.24, 2.45) is 0 Å². The number of methoxy groups -OCH3 is 4. The zero-order valence-corrected chi connectivity index (χ0v) is 16.8. The SMILES string of the molecule is COc1cc2cc[cH-]c2cc1OC.COc1cc2cc[cH-]c2cc1OC.[Co+2]. The predicted octanol–water partition coefficient (Wildman–Crippen LogP) is 5.15. The van der Waals surface area contributed by atoms with Gasteiger partial charge in [0, 0.05) is 0 Å². The third-order valence-electron chi connectivity index (χ3n) is 4.28. The Morgan fingerprint density at radius 2 is 0.889 bits per heavy atom. The van der Waals surface area contributed by atoms with Gasteiger partial charge in [-0.25, -0.2) is 0 Å². The van der Waals surface area contributed by atoms with Crippen LogP contribution in [0, 0.1) is 0 Å². The molecule has 27 heavy (non-hydrogen) atoms. The molecule has 143 valence electrons. The minimum Gasteiger partial charge on any atom is -0.503 e. The van der Waals surface area contributed by atoms with E-state index >= 15 is 0 Å². The van der Waals surface area contributed by atoms with E-state index in [2.05, 4.69) is 24.3 Å². The molecule has 4 aromatic rings. The molecule has 5 heteroatoms. The van der Waals surface area contributed by atoms with Gasteiger partial charge in [0.15, 0.2) is 0 Å². The number of ether oxygens (including phenoxy) is 4. The Kier molecular flexibility index (Phi) is 7.16. The van der Waals surface area contributed by atoms with E-state index in [0.29, 0.717) is 0 Å². The first-order valence-electron chi connectivity index (χ1n) is 8.25. The van der Waals surface area contributed by atoms with Crippen molar-refractivity contribution in [2.75, 3.05) is 28.4 Å². The average Bonchev–Trinajstić information content (AvgIpc) is 3.33. The molecule has 4 aromatic carbocycles. The van der Waals surface area contributed by atoms with Crippen LogP contribution >= 0.6 is 0 Å².